The van der Waals surface area contributed by atoms with E-state index in [4.69, 9.17) is 10.00 Å². The monoisotopic (exact) mass is 296 g/mol. The van der Waals surface area contributed by atoms with Crippen LogP contribution in [0.5, 0.6) is 5.75 Å². The third kappa shape index (κ3) is 4.76. The number of nitrogens with one attached hydrogen (secondary N) is 1. The molecule has 0 unspecified atom stereocenters. The van der Waals surface area contributed by atoms with Gasteiger partial charge in [-0.15, -0.1) is 0 Å². The molecule has 0 bridgehead atoms. The van der Waals surface area contributed by atoms with E-state index >= 15 is 0 Å². The molecule has 5 heteroatoms. The topological polar surface area (TPSA) is 61.2 Å². The standard InChI is InChI=1S/C17H20N4O/c1-21(2)10-11-22-16-8-4-3-6-14(16)13-19-17-9-5-7-15(12-18)20-17/h3-9H,10-11,13H2,1-2H3,(H,19,20). The van der Waals surface area contributed by atoms with Gasteiger partial charge in [-0.1, -0.05) is 24.3 Å². The van der Waals surface area contributed by atoms with Gasteiger partial charge in [-0.2, -0.15) is 5.26 Å². The number of nitriles is 1. The highest BCUT2D eigenvalue weighted by molar-refractivity contribution is 5.41. The van der Waals surface area contributed by atoms with Crippen molar-refractivity contribution in [3.63, 3.8) is 0 Å². The Balaban J connectivity index is 1.98. The predicted octanol–water partition coefficient (Wildman–Crippen LogP) is 2.51. The number of benzene rings is 1. The zero-order valence-corrected chi connectivity index (χ0v) is 12.9. The summed E-state index contributed by atoms with van der Waals surface area (Å²) in [6, 6.07) is 15.3. The number of pyridine rings is 1. The van der Waals surface area contributed by atoms with E-state index in [1.54, 1.807) is 6.07 Å². The molecule has 0 aliphatic heterocycles. The quantitative estimate of drug-likeness (QED) is 0.850. The summed E-state index contributed by atoms with van der Waals surface area (Å²) >= 11 is 0. The fourth-order valence-electron chi connectivity index (χ4n) is 1.91. The second kappa shape index (κ2) is 8.01. The number of hydrogen-bond donors (Lipinski definition) is 1. The van der Waals surface area contributed by atoms with Crippen LogP contribution in [0.25, 0.3) is 0 Å². The molecular weight excluding hydrogens is 276 g/mol. The summed E-state index contributed by atoms with van der Waals surface area (Å²) in [5.41, 5.74) is 1.46. The van der Waals surface area contributed by atoms with Crippen molar-refractivity contribution < 1.29 is 4.74 Å². The zero-order valence-electron chi connectivity index (χ0n) is 12.9. The molecule has 0 saturated carbocycles. The first kappa shape index (κ1) is 15.8. The SMILES string of the molecule is CN(C)CCOc1ccccc1CNc1cccc(C#N)n1. The van der Waals surface area contributed by atoms with Gasteiger partial charge in [0.25, 0.3) is 0 Å². The number of para-hydroxylation sites is 1. The van der Waals surface area contributed by atoms with Crippen LogP contribution in [0.1, 0.15) is 11.3 Å². The molecule has 0 fully saturated rings. The van der Waals surface area contributed by atoms with Gasteiger partial charge in [0.2, 0.25) is 0 Å². The van der Waals surface area contributed by atoms with E-state index < -0.39 is 0 Å². The summed E-state index contributed by atoms with van der Waals surface area (Å²) in [4.78, 5) is 6.28. The molecule has 22 heavy (non-hydrogen) atoms. The molecule has 1 aromatic carbocycles. The van der Waals surface area contributed by atoms with E-state index in [9.17, 15) is 0 Å². The second-order valence-corrected chi connectivity index (χ2v) is 5.13. The Bertz CT molecular complexity index is 649. The Morgan fingerprint density at radius 3 is 2.77 bits per heavy atom. The van der Waals surface area contributed by atoms with Crippen LogP contribution in [0.15, 0.2) is 42.5 Å². The van der Waals surface area contributed by atoms with Crippen molar-refractivity contribution in [2.75, 3.05) is 32.6 Å². The van der Waals surface area contributed by atoms with Gasteiger partial charge in [0.1, 0.15) is 29.9 Å². The molecule has 0 aliphatic rings. The van der Waals surface area contributed by atoms with Crippen molar-refractivity contribution in [3.05, 3.63) is 53.7 Å². The van der Waals surface area contributed by atoms with Crippen LogP contribution in [0, 0.1) is 11.3 Å². The Labute approximate surface area is 131 Å². The maximum atomic E-state index is 8.87. The lowest BCUT2D eigenvalue weighted by atomic mass is 10.2. The van der Waals surface area contributed by atoms with Gasteiger partial charge in [-0.05, 0) is 32.3 Å². The third-order valence-corrected chi connectivity index (χ3v) is 3.09. The minimum atomic E-state index is 0.403. The molecule has 0 spiro atoms. The zero-order chi connectivity index (χ0) is 15.8. The Hall–Kier alpha value is -2.58. The van der Waals surface area contributed by atoms with Gasteiger partial charge in [0.05, 0.1) is 0 Å². The average Bonchev–Trinajstić information content (AvgIpc) is 2.54. The lowest BCUT2D eigenvalue weighted by Crippen LogP contribution is -2.19. The van der Waals surface area contributed by atoms with Crippen LogP contribution < -0.4 is 10.1 Å². The Morgan fingerprint density at radius 2 is 2.00 bits per heavy atom. The van der Waals surface area contributed by atoms with Gasteiger partial charge >= 0.3 is 0 Å². The highest BCUT2D eigenvalue weighted by Gasteiger charge is 2.04. The first-order valence-corrected chi connectivity index (χ1v) is 7.15. The van der Waals surface area contributed by atoms with Crippen molar-refractivity contribution in [1.82, 2.24) is 9.88 Å². The fraction of sp³-hybridized carbons (Fsp3) is 0.294. The van der Waals surface area contributed by atoms with Crippen LogP contribution in [-0.2, 0) is 6.54 Å². The van der Waals surface area contributed by atoms with Gasteiger partial charge in [0.15, 0.2) is 0 Å². The average molecular weight is 296 g/mol. The molecule has 2 aromatic rings. The van der Waals surface area contributed by atoms with Gasteiger partial charge in [-0.25, -0.2) is 4.98 Å². The molecule has 1 aromatic heterocycles. The van der Waals surface area contributed by atoms with Crippen molar-refractivity contribution >= 4 is 5.82 Å². The minimum Gasteiger partial charge on any atom is -0.492 e. The van der Waals surface area contributed by atoms with E-state index in [1.807, 2.05) is 56.6 Å². The maximum absolute atomic E-state index is 8.87. The molecule has 1 N–H and O–H groups in total. The number of aromatic nitrogens is 1. The van der Waals surface area contributed by atoms with Crippen LogP contribution in [0.3, 0.4) is 0 Å². The smallest absolute Gasteiger partial charge is 0.142 e. The lowest BCUT2D eigenvalue weighted by Gasteiger charge is -2.14. The van der Waals surface area contributed by atoms with Crippen LogP contribution in [0.2, 0.25) is 0 Å². The summed E-state index contributed by atoms with van der Waals surface area (Å²) in [6.45, 7) is 2.11. The van der Waals surface area contributed by atoms with Crippen LogP contribution in [-0.4, -0.2) is 37.1 Å². The highest BCUT2D eigenvalue weighted by atomic mass is 16.5. The van der Waals surface area contributed by atoms with Gasteiger partial charge in [-0.3, -0.25) is 0 Å². The molecule has 1 heterocycles. The van der Waals surface area contributed by atoms with E-state index in [0.717, 1.165) is 17.9 Å². The van der Waals surface area contributed by atoms with Crippen LogP contribution in [0.4, 0.5) is 5.82 Å². The number of ether oxygens (including phenoxy) is 1. The summed E-state index contributed by atoms with van der Waals surface area (Å²) in [5.74, 6) is 1.55. The molecule has 0 radical (unpaired) electrons. The minimum absolute atomic E-state index is 0.403. The normalized spacial score (nSPS) is 10.3. The van der Waals surface area contributed by atoms with E-state index in [-0.39, 0.29) is 0 Å². The van der Waals surface area contributed by atoms with Crippen molar-refractivity contribution in [3.8, 4) is 11.8 Å². The molecule has 0 atom stereocenters. The molecule has 0 aliphatic carbocycles. The highest BCUT2D eigenvalue weighted by Crippen LogP contribution is 2.19. The van der Waals surface area contributed by atoms with Crippen LogP contribution >= 0.6 is 0 Å². The first-order valence-electron chi connectivity index (χ1n) is 7.15. The summed E-state index contributed by atoms with van der Waals surface area (Å²) in [6.07, 6.45) is 0. The Morgan fingerprint density at radius 1 is 1.18 bits per heavy atom. The summed E-state index contributed by atoms with van der Waals surface area (Å²) < 4.78 is 5.83. The lowest BCUT2D eigenvalue weighted by molar-refractivity contribution is 0.259. The number of rotatable bonds is 7. The van der Waals surface area contributed by atoms with E-state index in [0.29, 0.717) is 24.7 Å². The molecule has 2 rings (SSSR count). The number of nitrogens with zero attached hydrogens (tertiary/aromatic N) is 3. The largest absolute Gasteiger partial charge is 0.492 e. The maximum Gasteiger partial charge on any atom is 0.142 e. The third-order valence-electron chi connectivity index (χ3n) is 3.09. The number of hydrogen-bond acceptors (Lipinski definition) is 5. The molecule has 0 amide bonds. The summed E-state index contributed by atoms with van der Waals surface area (Å²) in [5, 5.41) is 12.1. The number of likely N-dealkylation sites (N-methyl/N-ethyl adjacent to an activating group) is 1. The summed E-state index contributed by atoms with van der Waals surface area (Å²) in [7, 11) is 4.04. The van der Waals surface area contributed by atoms with Crippen molar-refractivity contribution in [2.45, 2.75) is 6.54 Å². The molecule has 114 valence electrons. The Kier molecular flexibility index (Phi) is 5.75. The van der Waals surface area contributed by atoms with E-state index in [2.05, 4.69) is 15.2 Å². The molecule has 0 saturated heterocycles. The second-order valence-electron chi connectivity index (χ2n) is 5.13. The fourth-order valence-corrected chi connectivity index (χ4v) is 1.91. The van der Waals surface area contributed by atoms with Gasteiger partial charge < -0.3 is 15.0 Å². The molecule has 5 nitrogen and oxygen atoms in total. The number of anilines is 1. The van der Waals surface area contributed by atoms with Gasteiger partial charge in [0, 0.05) is 18.7 Å². The van der Waals surface area contributed by atoms with E-state index in [1.165, 1.54) is 0 Å². The van der Waals surface area contributed by atoms with Crippen molar-refractivity contribution in [1.29, 1.82) is 5.26 Å². The van der Waals surface area contributed by atoms with Crippen molar-refractivity contribution in [2.24, 2.45) is 0 Å². The molecular formula is C17H20N4O. The first-order chi connectivity index (χ1) is 10.7. The predicted molar refractivity (Wildman–Crippen MR) is 86.8 cm³/mol.